The monoisotopic (exact) mass is 330 g/mol. The largest absolute Gasteiger partial charge is 0.322 e. The summed E-state index contributed by atoms with van der Waals surface area (Å²) in [4.78, 5) is 14.7. The second-order valence-electron chi connectivity index (χ2n) is 6.72. The zero-order valence-corrected chi connectivity index (χ0v) is 14.9. The van der Waals surface area contributed by atoms with Crippen molar-refractivity contribution in [1.82, 2.24) is 24.5 Å². The molecule has 7 heteroatoms. The van der Waals surface area contributed by atoms with Crippen molar-refractivity contribution in [2.45, 2.75) is 46.2 Å². The first-order chi connectivity index (χ1) is 11.4. The third kappa shape index (κ3) is 3.51. The minimum Gasteiger partial charge on any atom is -0.322 e. The molecule has 0 spiro atoms. The molecule has 3 rings (SSSR count). The van der Waals surface area contributed by atoms with E-state index in [4.69, 9.17) is 0 Å². The Morgan fingerprint density at radius 2 is 2.17 bits per heavy atom. The van der Waals surface area contributed by atoms with Crippen molar-refractivity contribution < 1.29 is 4.79 Å². The number of carbonyl (C=O) groups excluding carboxylic acids is 1. The smallest absolute Gasteiger partial charge is 0.238 e. The van der Waals surface area contributed by atoms with Crippen LogP contribution in [0.25, 0.3) is 0 Å². The number of nitrogens with zero attached hydrogens (tertiary/aromatic N) is 5. The summed E-state index contributed by atoms with van der Waals surface area (Å²) in [5.41, 5.74) is 3.83. The number of aromatic nitrogens is 4. The third-order valence-electron chi connectivity index (χ3n) is 4.78. The number of nitrogens with one attached hydrogen (secondary N) is 1. The molecule has 24 heavy (non-hydrogen) atoms. The molecule has 1 amide bonds. The quantitative estimate of drug-likeness (QED) is 0.905. The summed E-state index contributed by atoms with van der Waals surface area (Å²) in [5.74, 6) is 0.0257. The van der Waals surface area contributed by atoms with E-state index in [1.165, 1.54) is 5.56 Å². The Bertz CT molecular complexity index is 732. The molecule has 0 bridgehead atoms. The van der Waals surface area contributed by atoms with Gasteiger partial charge in [0.2, 0.25) is 5.91 Å². The summed E-state index contributed by atoms with van der Waals surface area (Å²) in [6, 6.07) is 0.367. The fourth-order valence-corrected chi connectivity index (χ4v) is 3.41. The number of aryl methyl sites for hydroxylation is 3. The molecule has 1 aliphatic rings. The molecular weight excluding hydrogens is 304 g/mol. The predicted octanol–water partition coefficient (Wildman–Crippen LogP) is 1.64. The van der Waals surface area contributed by atoms with Crippen LogP contribution in [0.4, 0.5) is 5.69 Å². The molecular formula is C17H26N6O. The Hall–Kier alpha value is -2.15. The molecule has 2 aromatic heterocycles. The van der Waals surface area contributed by atoms with E-state index in [1.807, 2.05) is 38.7 Å². The topological polar surface area (TPSA) is 68.0 Å². The second-order valence-corrected chi connectivity index (χ2v) is 6.72. The van der Waals surface area contributed by atoms with Crippen LogP contribution in [0.1, 0.15) is 29.8 Å². The van der Waals surface area contributed by atoms with Crippen LogP contribution < -0.4 is 5.32 Å². The van der Waals surface area contributed by atoms with E-state index in [0.29, 0.717) is 12.6 Å². The van der Waals surface area contributed by atoms with E-state index >= 15 is 0 Å². The number of hydrogen-bond donors (Lipinski definition) is 1. The van der Waals surface area contributed by atoms with Crippen LogP contribution in [0.2, 0.25) is 0 Å². The van der Waals surface area contributed by atoms with Crippen LogP contribution >= 0.6 is 0 Å². The van der Waals surface area contributed by atoms with Gasteiger partial charge in [0, 0.05) is 19.3 Å². The van der Waals surface area contributed by atoms with Crippen LogP contribution in [0.5, 0.6) is 0 Å². The van der Waals surface area contributed by atoms with Gasteiger partial charge in [-0.15, -0.1) is 0 Å². The average Bonchev–Trinajstić information content (AvgIpc) is 3.18. The maximum atomic E-state index is 12.5. The van der Waals surface area contributed by atoms with Crippen molar-refractivity contribution >= 4 is 11.6 Å². The lowest BCUT2D eigenvalue weighted by Crippen LogP contribution is -2.39. The van der Waals surface area contributed by atoms with E-state index in [1.54, 1.807) is 4.68 Å². The van der Waals surface area contributed by atoms with Crippen molar-refractivity contribution in [1.29, 1.82) is 0 Å². The molecule has 130 valence electrons. The van der Waals surface area contributed by atoms with E-state index in [0.717, 1.165) is 43.0 Å². The predicted molar refractivity (Wildman–Crippen MR) is 92.9 cm³/mol. The lowest BCUT2D eigenvalue weighted by molar-refractivity contribution is -0.117. The molecule has 1 aliphatic heterocycles. The van der Waals surface area contributed by atoms with E-state index < -0.39 is 0 Å². The maximum Gasteiger partial charge on any atom is 0.238 e. The number of likely N-dealkylation sites (tertiary alicyclic amines) is 1. The zero-order chi connectivity index (χ0) is 17.3. The van der Waals surface area contributed by atoms with Gasteiger partial charge in [0.15, 0.2) is 0 Å². The first kappa shape index (κ1) is 16.7. The van der Waals surface area contributed by atoms with Crippen LogP contribution in [-0.2, 0) is 18.4 Å². The summed E-state index contributed by atoms with van der Waals surface area (Å²) in [6.45, 7) is 8.14. The number of rotatable bonds is 5. The van der Waals surface area contributed by atoms with Crippen molar-refractivity contribution in [3.63, 3.8) is 0 Å². The Kier molecular flexibility index (Phi) is 4.71. The second kappa shape index (κ2) is 6.76. The van der Waals surface area contributed by atoms with Gasteiger partial charge in [-0.3, -0.25) is 19.1 Å². The van der Waals surface area contributed by atoms with Crippen molar-refractivity contribution in [2.75, 3.05) is 18.4 Å². The van der Waals surface area contributed by atoms with Gasteiger partial charge in [-0.25, -0.2) is 0 Å². The molecule has 7 nitrogen and oxygen atoms in total. The minimum atomic E-state index is 0.0257. The van der Waals surface area contributed by atoms with Crippen molar-refractivity contribution in [2.24, 2.45) is 7.05 Å². The molecule has 1 saturated heterocycles. The standard InChI is InChI=1S/C17H26N6O/c1-12-8-18-23(9-12)10-15-6-5-7-22(15)11-16(24)19-17-13(2)20-21(4)14(17)3/h8-9,15H,5-7,10-11H2,1-4H3,(H,19,24). The summed E-state index contributed by atoms with van der Waals surface area (Å²) < 4.78 is 3.77. The van der Waals surface area contributed by atoms with Gasteiger partial charge in [-0.2, -0.15) is 10.2 Å². The molecule has 0 aromatic carbocycles. The highest BCUT2D eigenvalue weighted by Gasteiger charge is 2.27. The lowest BCUT2D eigenvalue weighted by atomic mass is 10.2. The highest BCUT2D eigenvalue weighted by molar-refractivity contribution is 5.93. The molecule has 1 fully saturated rings. The molecule has 0 saturated carbocycles. The highest BCUT2D eigenvalue weighted by atomic mass is 16.2. The molecule has 1 atom stereocenters. The molecule has 0 radical (unpaired) electrons. The number of anilines is 1. The zero-order valence-electron chi connectivity index (χ0n) is 14.9. The van der Waals surface area contributed by atoms with Crippen molar-refractivity contribution in [3.05, 3.63) is 29.3 Å². The fraction of sp³-hybridized carbons (Fsp3) is 0.588. The Balaban J connectivity index is 1.60. The van der Waals surface area contributed by atoms with Gasteiger partial charge in [-0.1, -0.05) is 0 Å². The van der Waals surface area contributed by atoms with Gasteiger partial charge in [-0.05, 0) is 45.7 Å². The third-order valence-corrected chi connectivity index (χ3v) is 4.78. The summed E-state index contributed by atoms with van der Waals surface area (Å²) in [6.07, 6.45) is 6.17. The van der Waals surface area contributed by atoms with Crippen LogP contribution in [0, 0.1) is 20.8 Å². The van der Waals surface area contributed by atoms with Crippen LogP contribution in [0.3, 0.4) is 0 Å². The fourth-order valence-electron chi connectivity index (χ4n) is 3.41. The first-order valence-corrected chi connectivity index (χ1v) is 8.47. The number of hydrogen-bond acceptors (Lipinski definition) is 4. The van der Waals surface area contributed by atoms with Gasteiger partial charge >= 0.3 is 0 Å². The average molecular weight is 330 g/mol. The van der Waals surface area contributed by atoms with Crippen LogP contribution in [-0.4, -0.2) is 49.5 Å². The van der Waals surface area contributed by atoms with Crippen molar-refractivity contribution in [3.8, 4) is 0 Å². The summed E-state index contributed by atoms with van der Waals surface area (Å²) in [5, 5.41) is 11.7. The number of carbonyl (C=O) groups is 1. The first-order valence-electron chi connectivity index (χ1n) is 8.47. The Morgan fingerprint density at radius 3 is 2.79 bits per heavy atom. The number of amides is 1. The highest BCUT2D eigenvalue weighted by Crippen LogP contribution is 2.21. The molecule has 0 aliphatic carbocycles. The summed E-state index contributed by atoms with van der Waals surface area (Å²) >= 11 is 0. The van der Waals surface area contributed by atoms with E-state index in [2.05, 4.69) is 26.6 Å². The normalized spacial score (nSPS) is 18.2. The van der Waals surface area contributed by atoms with Gasteiger partial charge in [0.05, 0.1) is 36.4 Å². The van der Waals surface area contributed by atoms with Gasteiger partial charge in [0.25, 0.3) is 0 Å². The minimum absolute atomic E-state index is 0.0257. The maximum absolute atomic E-state index is 12.5. The van der Waals surface area contributed by atoms with Crippen LogP contribution in [0.15, 0.2) is 12.4 Å². The SMILES string of the molecule is Cc1cnn(CC2CCCN2CC(=O)Nc2c(C)nn(C)c2C)c1. The summed E-state index contributed by atoms with van der Waals surface area (Å²) in [7, 11) is 1.89. The molecule has 1 unspecified atom stereocenters. The molecule has 2 aromatic rings. The van der Waals surface area contributed by atoms with E-state index in [-0.39, 0.29) is 5.91 Å². The molecule has 3 heterocycles. The lowest BCUT2D eigenvalue weighted by Gasteiger charge is -2.23. The van der Waals surface area contributed by atoms with E-state index in [9.17, 15) is 4.79 Å². The molecule has 1 N–H and O–H groups in total. The Morgan fingerprint density at radius 1 is 1.38 bits per heavy atom. The van der Waals surface area contributed by atoms with Gasteiger partial charge < -0.3 is 5.32 Å². The Labute approximate surface area is 142 Å². The van der Waals surface area contributed by atoms with Gasteiger partial charge in [0.1, 0.15) is 0 Å².